The van der Waals surface area contributed by atoms with Crippen LogP contribution in [0.3, 0.4) is 0 Å². The number of Topliss-reactive ketones (excluding diaryl/α,β-unsaturated/α-hetero) is 1. The number of carboxylic acids is 1. The fourth-order valence-corrected chi connectivity index (χ4v) is 3.88. The Balaban J connectivity index is 1.91. The first-order valence-electron chi connectivity index (χ1n) is 10.6. The molecule has 27 heavy (non-hydrogen) atoms. The van der Waals surface area contributed by atoms with Gasteiger partial charge in [0.1, 0.15) is 6.42 Å². The predicted molar refractivity (Wildman–Crippen MR) is 112 cm³/mol. The van der Waals surface area contributed by atoms with Gasteiger partial charge in [-0.05, 0) is 18.6 Å². The second-order valence-corrected chi connectivity index (χ2v) is 8.25. The minimum absolute atomic E-state index is 0.358. The van der Waals surface area contributed by atoms with E-state index in [1.54, 1.807) is 12.1 Å². The van der Waals surface area contributed by atoms with Crippen LogP contribution < -0.4 is 4.74 Å². The number of rotatable bonds is 18. The Kier molecular flexibility index (Phi) is 13.7. The Morgan fingerprint density at radius 1 is 0.852 bits per heavy atom. The second kappa shape index (κ2) is 15.7. The van der Waals surface area contributed by atoms with Crippen molar-refractivity contribution < 1.29 is 19.4 Å². The Morgan fingerprint density at radius 3 is 1.89 bits per heavy atom. The summed E-state index contributed by atoms with van der Waals surface area (Å²) in [4.78, 5) is 22.7. The van der Waals surface area contributed by atoms with Crippen LogP contribution in [0.1, 0.15) is 106 Å². The first kappa shape index (κ1) is 23.7. The molecule has 4 nitrogen and oxygen atoms in total. The smallest absolute Gasteiger partial charge is 0.311 e. The third-order valence-corrected chi connectivity index (χ3v) is 5.70. The number of carbonyl (C=O) groups excluding carboxylic acids is 1. The molecule has 154 valence electrons. The first-order chi connectivity index (χ1) is 13.1. The fourth-order valence-electron chi connectivity index (χ4n) is 3.06. The number of ketones is 1. The summed E-state index contributed by atoms with van der Waals surface area (Å²) in [7, 11) is 0. The van der Waals surface area contributed by atoms with Crippen LogP contribution in [-0.2, 0) is 4.79 Å². The monoisotopic (exact) mass is 396 g/mol. The summed E-state index contributed by atoms with van der Waals surface area (Å²) in [5, 5.41) is 9.35. The number of thiophene rings is 1. The van der Waals surface area contributed by atoms with Crippen molar-refractivity contribution in [3.05, 3.63) is 17.0 Å². The highest BCUT2D eigenvalue weighted by Gasteiger charge is 2.13. The third kappa shape index (κ3) is 12.6. The predicted octanol–water partition coefficient (Wildman–Crippen LogP) is 6.88. The van der Waals surface area contributed by atoms with Crippen LogP contribution in [0.25, 0.3) is 0 Å². The zero-order valence-electron chi connectivity index (χ0n) is 16.8. The SMILES string of the molecule is CCCCCCCCCCCCCCCOc1ccc(C(=O)CC(=O)O)s1. The van der Waals surface area contributed by atoms with Gasteiger partial charge in [0.15, 0.2) is 10.8 Å². The molecule has 1 N–H and O–H groups in total. The molecule has 0 saturated heterocycles. The van der Waals surface area contributed by atoms with Crippen molar-refractivity contribution in [3.8, 4) is 5.06 Å². The quantitative estimate of drug-likeness (QED) is 0.167. The van der Waals surface area contributed by atoms with Gasteiger partial charge < -0.3 is 9.84 Å². The number of ether oxygens (including phenoxy) is 1. The molecule has 0 aromatic carbocycles. The van der Waals surface area contributed by atoms with E-state index < -0.39 is 12.4 Å². The van der Waals surface area contributed by atoms with Crippen LogP contribution in [0.4, 0.5) is 0 Å². The number of hydrogen-bond acceptors (Lipinski definition) is 4. The molecular formula is C22H36O4S. The van der Waals surface area contributed by atoms with E-state index in [1.165, 1.54) is 88.4 Å². The van der Waals surface area contributed by atoms with Gasteiger partial charge in [0.05, 0.1) is 11.5 Å². The van der Waals surface area contributed by atoms with E-state index in [9.17, 15) is 9.59 Å². The van der Waals surface area contributed by atoms with Crippen LogP contribution in [0, 0.1) is 0 Å². The number of unbranched alkanes of at least 4 members (excludes halogenated alkanes) is 12. The van der Waals surface area contributed by atoms with Crippen LogP contribution in [0.5, 0.6) is 5.06 Å². The van der Waals surface area contributed by atoms with Gasteiger partial charge in [-0.15, -0.1) is 0 Å². The molecule has 0 aliphatic rings. The van der Waals surface area contributed by atoms with Crippen molar-refractivity contribution in [2.75, 3.05) is 6.61 Å². The van der Waals surface area contributed by atoms with E-state index in [4.69, 9.17) is 9.84 Å². The average Bonchev–Trinajstić information content (AvgIpc) is 3.10. The van der Waals surface area contributed by atoms with Crippen LogP contribution in [-0.4, -0.2) is 23.5 Å². The van der Waals surface area contributed by atoms with Gasteiger partial charge >= 0.3 is 5.97 Å². The van der Waals surface area contributed by atoms with Crippen molar-refractivity contribution >= 4 is 23.1 Å². The normalized spacial score (nSPS) is 10.9. The molecule has 0 radical (unpaired) electrons. The van der Waals surface area contributed by atoms with Gasteiger partial charge in [-0.3, -0.25) is 9.59 Å². The van der Waals surface area contributed by atoms with Crippen molar-refractivity contribution in [1.29, 1.82) is 0 Å². The Morgan fingerprint density at radius 2 is 1.37 bits per heavy atom. The van der Waals surface area contributed by atoms with Gasteiger partial charge in [0, 0.05) is 0 Å². The van der Waals surface area contributed by atoms with E-state index in [0.717, 1.165) is 6.42 Å². The maximum absolute atomic E-state index is 11.6. The Labute approximate surface area is 168 Å². The highest BCUT2D eigenvalue weighted by molar-refractivity contribution is 7.15. The summed E-state index contributed by atoms with van der Waals surface area (Å²) in [6.07, 6.45) is 16.7. The highest BCUT2D eigenvalue weighted by atomic mass is 32.1. The fraction of sp³-hybridized carbons (Fsp3) is 0.727. The van der Waals surface area contributed by atoms with Gasteiger partial charge in [-0.2, -0.15) is 0 Å². The summed E-state index contributed by atoms with van der Waals surface area (Å²) < 4.78 is 5.66. The molecule has 0 saturated carbocycles. The second-order valence-electron chi connectivity index (χ2n) is 7.20. The number of carbonyl (C=O) groups is 2. The molecule has 0 atom stereocenters. The molecule has 5 heteroatoms. The van der Waals surface area contributed by atoms with Gasteiger partial charge in [0.25, 0.3) is 0 Å². The van der Waals surface area contributed by atoms with Crippen molar-refractivity contribution in [2.45, 2.75) is 96.8 Å². The van der Waals surface area contributed by atoms with Crippen LogP contribution >= 0.6 is 11.3 Å². The van der Waals surface area contributed by atoms with E-state index >= 15 is 0 Å². The largest absolute Gasteiger partial charge is 0.484 e. The minimum Gasteiger partial charge on any atom is -0.484 e. The molecule has 0 aliphatic heterocycles. The molecule has 1 aromatic rings. The maximum atomic E-state index is 11.6. The van der Waals surface area contributed by atoms with E-state index in [2.05, 4.69) is 6.92 Å². The Hall–Kier alpha value is -1.36. The lowest BCUT2D eigenvalue weighted by Crippen LogP contribution is -2.04. The van der Waals surface area contributed by atoms with Crippen LogP contribution in [0.2, 0.25) is 0 Å². The van der Waals surface area contributed by atoms with Gasteiger partial charge in [-0.1, -0.05) is 95.3 Å². The number of aliphatic carboxylic acids is 1. The topological polar surface area (TPSA) is 63.6 Å². The van der Waals surface area contributed by atoms with Gasteiger partial charge in [0.2, 0.25) is 0 Å². The molecule has 0 aliphatic carbocycles. The molecule has 1 aromatic heterocycles. The zero-order valence-corrected chi connectivity index (χ0v) is 17.7. The lowest BCUT2D eigenvalue weighted by Gasteiger charge is -2.04. The maximum Gasteiger partial charge on any atom is 0.311 e. The van der Waals surface area contributed by atoms with E-state index in [1.807, 2.05) is 0 Å². The zero-order chi connectivity index (χ0) is 19.7. The molecule has 1 heterocycles. The average molecular weight is 397 g/mol. The Bertz CT molecular complexity index is 524. The molecule has 0 unspecified atom stereocenters. The molecule has 0 bridgehead atoms. The molecule has 1 rings (SSSR count). The summed E-state index contributed by atoms with van der Waals surface area (Å²) in [6.45, 7) is 2.92. The summed E-state index contributed by atoms with van der Waals surface area (Å²) >= 11 is 1.23. The third-order valence-electron chi connectivity index (χ3n) is 4.66. The highest BCUT2D eigenvalue weighted by Crippen LogP contribution is 2.25. The lowest BCUT2D eigenvalue weighted by atomic mass is 10.0. The minimum atomic E-state index is -1.09. The van der Waals surface area contributed by atoms with Crippen molar-refractivity contribution in [3.63, 3.8) is 0 Å². The summed E-state index contributed by atoms with van der Waals surface area (Å²) in [5.41, 5.74) is 0. The molecular weight excluding hydrogens is 360 g/mol. The van der Waals surface area contributed by atoms with Crippen molar-refractivity contribution in [1.82, 2.24) is 0 Å². The summed E-state index contributed by atoms with van der Waals surface area (Å²) in [5.74, 6) is -1.45. The van der Waals surface area contributed by atoms with Crippen LogP contribution in [0.15, 0.2) is 12.1 Å². The number of hydrogen-bond donors (Lipinski definition) is 1. The summed E-state index contributed by atoms with van der Waals surface area (Å²) in [6, 6.07) is 3.40. The lowest BCUT2D eigenvalue weighted by molar-refractivity contribution is -0.135. The number of carboxylic acid groups (broad SMARTS) is 1. The molecule has 0 spiro atoms. The van der Waals surface area contributed by atoms with Gasteiger partial charge in [-0.25, -0.2) is 0 Å². The standard InChI is InChI=1S/C22H36O4S/c1-2-3-4-5-6-7-8-9-10-11-12-13-14-17-26-22-16-15-20(27-22)19(23)18-21(24)25/h15-16H,2-14,17-18H2,1H3,(H,24,25). The van der Waals surface area contributed by atoms with E-state index in [-0.39, 0.29) is 5.78 Å². The van der Waals surface area contributed by atoms with E-state index in [0.29, 0.717) is 16.5 Å². The molecule has 0 amide bonds. The van der Waals surface area contributed by atoms with Crippen molar-refractivity contribution in [2.24, 2.45) is 0 Å². The first-order valence-corrected chi connectivity index (χ1v) is 11.4. The molecule has 0 fully saturated rings.